The Morgan fingerprint density at radius 1 is 1.02 bits per heavy atom. The zero-order valence-electron chi connectivity index (χ0n) is 25.5. The van der Waals surface area contributed by atoms with Crippen LogP contribution in [0.5, 0.6) is 5.88 Å². The number of alkyl halides is 5. The smallest absolute Gasteiger partial charge is 0.449 e. The Labute approximate surface area is 266 Å². The Bertz CT molecular complexity index is 1930. The molecule has 0 radical (unpaired) electrons. The number of imidazole rings is 2. The summed E-state index contributed by atoms with van der Waals surface area (Å²) in [6.45, 7) is 0.267. The fourth-order valence-electron chi connectivity index (χ4n) is 6.83. The van der Waals surface area contributed by atoms with E-state index in [-0.39, 0.29) is 43.0 Å². The second-order valence-corrected chi connectivity index (χ2v) is 12.1. The van der Waals surface area contributed by atoms with E-state index in [9.17, 15) is 26.7 Å². The molecule has 1 N–H and O–H groups in total. The Morgan fingerprint density at radius 3 is 2.49 bits per heavy atom. The SMILES string of the molecule is COc1nc2ccccc2cc1-c1cnc([C@@H]2CN(C3CCC(F)(F)CC3)CCN2C(=O)Cn2c(C(F)(F)F)nc3ccccc32)[nH]1. The lowest BCUT2D eigenvalue weighted by molar-refractivity contribution is -0.149. The number of benzene rings is 2. The Kier molecular flexibility index (Phi) is 7.85. The van der Waals surface area contributed by atoms with Gasteiger partial charge in [-0.25, -0.2) is 23.7 Å². The fraction of sp³-hybridized carbons (Fsp3) is 0.394. The van der Waals surface area contributed by atoms with Crippen LogP contribution in [-0.2, 0) is 17.5 Å². The van der Waals surface area contributed by atoms with Crippen LogP contribution < -0.4 is 4.74 Å². The van der Waals surface area contributed by atoms with E-state index < -0.39 is 36.4 Å². The summed E-state index contributed by atoms with van der Waals surface area (Å²) in [6, 6.07) is 14.9. The maximum Gasteiger partial charge on any atom is 0.449 e. The van der Waals surface area contributed by atoms with Gasteiger partial charge in [-0.05, 0) is 37.1 Å². The number of carbonyl (C=O) groups excluding carboxylic acids is 1. The van der Waals surface area contributed by atoms with Crippen LogP contribution in [0.1, 0.15) is 43.4 Å². The van der Waals surface area contributed by atoms with Gasteiger partial charge >= 0.3 is 6.18 Å². The molecule has 1 saturated carbocycles. The van der Waals surface area contributed by atoms with Crippen molar-refractivity contribution in [2.75, 3.05) is 26.7 Å². The number of hydrogen-bond donors (Lipinski definition) is 1. The molecule has 1 aliphatic carbocycles. The number of fused-ring (bicyclic) bond motifs is 2. The normalized spacial score (nSPS) is 19.4. The molecule has 4 heterocycles. The molecular formula is C33H32F5N7O2. The van der Waals surface area contributed by atoms with Gasteiger partial charge < -0.3 is 19.2 Å². The molecule has 1 aliphatic heterocycles. The molecule has 0 bridgehead atoms. The van der Waals surface area contributed by atoms with Crippen molar-refractivity contribution >= 4 is 27.8 Å². The zero-order chi connectivity index (χ0) is 32.9. The third kappa shape index (κ3) is 6.01. The number of nitrogens with zero attached hydrogens (tertiary/aromatic N) is 6. The van der Waals surface area contributed by atoms with E-state index in [0.29, 0.717) is 42.3 Å². The van der Waals surface area contributed by atoms with E-state index in [1.807, 2.05) is 30.3 Å². The fourth-order valence-corrected chi connectivity index (χ4v) is 6.83. The number of methoxy groups -OCH3 is 1. The standard InChI is InChI=1S/C33H32F5N7O2/c1-47-30-22(16-20-6-2-3-7-23(20)41-30)25-17-39-29(40-25)27-18-43(21-10-12-32(34,35)13-11-21)14-15-44(27)28(46)19-45-26-9-5-4-8-24(26)42-31(45)33(36,37)38/h2-9,16-17,21,27H,10-15,18-19H2,1H3,(H,39,40)/t27-/m0/s1. The lowest BCUT2D eigenvalue weighted by Crippen LogP contribution is -2.55. The number of aromatic nitrogens is 5. The largest absolute Gasteiger partial charge is 0.480 e. The molecule has 2 fully saturated rings. The summed E-state index contributed by atoms with van der Waals surface area (Å²) < 4.78 is 76.6. The number of amides is 1. The van der Waals surface area contributed by atoms with Crippen molar-refractivity contribution in [3.8, 4) is 17.1 Å². The van der Waals surface area contributed by atoms with Crippen molar-refractivity contribution in [1.82, 2.24) is 34.3 Å². The van der Waals surface area contributed by atoms with Gasteiger partial charge in [-0.2, -0.15) is 13.2 Å². The quantitative estimate of drug-likeness (QED) is 0.212. The first-order valence-electron chi connectivity index (χ1n) is 15.4. The molecule has 7 rings (SSSR count). The predicted octanol–water partition coefficient (Wildman–Crippen LogP) is 6.47. The van der Waals surface area contributed by atoms with Gasteiger partial charge in [0.15, 0.2) is 0 Å². The van der Waals surface area contributed by atoms with Crippen molar-refractivity contribution in [1.29, 1.82) is 0 Å². The van der Waals surface area contributed by atoms with E-state index in [0.717, 1.165) is 15.5 Å². The number of nitrogens with one attached hydrogen (secondary N) is 1. The number of ether oxygens (including phenoxy) is 1. The van der Waals surface area contributed by atoms with Crippen molar-refractivity contribution in [3.05, 3.63) is 72.4 Å². The van der Waals surface area contributed by atoms with E-state index in [1.54, 1.807) is 18.3 Å². The van der Waals surface area contributed by atoms with Crippen LogP contribution in [0.25, 0.3) is 33.2 Å². The van der Waals surface area contributed by atoms with Crippen molar-refractivity contribution < 1.29 is 31.5 Å². The summed E-state index contributed by atoms with van der Waals surface area (Å²) >= 11 is 0. The lowest BCUT2D eigenvalue weighted by Gasteiger charge is -2.45. The molecule has 3 aromatic heterocycles. The van der Waals surface area contributed by atoms with E-state index in [2.05, 4.69) is 24.8 Å². The molecule has 0 unspecified atom stereocenters. The minimum Gasteiger partial charge on any atom is -0.480 e. The summed E-state index contributed by atoms with van der Waals surface area (Å²) in [5.41, 5.74) is 2.30. The zero-order valence-corrected chi connectivity index (χ0v) is 25.5. The van der Waals surface area contributed by atoms with E-state index in [1.165, 1.54) is 24.1 Å². The third-order valence-electron chi connectivity index (χ3n) is 9.22. The Morgan fingerprint density at radius 2 is 1.74 bits per heavy atom. The van der Waals surface area contributed by atoms with Crippen LogP contribution in [0.3, 0.4) is 0 Å². The highest BCUT2D eigenvalue weighted by molar-refractivity contribution is 5.85. The second kappa shape index (κ2) is 11.9. The van der Waals surface area contributed by atoms with Crippen LogP contribution in [0.4, 0.5) is 22.0 Å². The van der Waals surface area contributed by atoms with Crippen LogP contribution in [0.15, 0.2) is 60.8 Å². The van der Waals surface area contributed by atoms with Gasteiger partial charge in [0.05, 0.1) is 41.1 Å². The maximum atomic E-state index is 14.1. The summed E-state index contributed by atoms with van der Waals surface area (Å²) in [5.74, 6) is -3.60. The average molecular weight is 654 g/mol. The van der Waals surface area contributed by atoms with Crippen LogP contribution in [0.2, 0.25) is 0 Å². The maximum absolute atomic E-state index is 14.1. The van der Waals surface area contributed by atoms with Crippen LogP contribution in [0, 0.1) is 0 Å². The van der Waals surface area contributed by atoms with Crippen molar-refractivity contribution in [2.24, 2.45) is 0 Å². The first kappa shape index (κ1) is 31.0. The molecule has 2 aliphatic rings. The van der Waals surface area contributed by atoms with Gasteiger partial charge in [-0.15, -0.1) is 0 Å². The first-order valence-corrected chi connectivity index (χ1v) is 15.4. The Balaban J connectivity index is 1.23. The molecule has 9 nitrogen and oxygen atoms in total. The second-order valence-electron chi connectivity index (χ2n) is 12.1. The number of halogens is 5. The lowest BCUT2D eigenvalue weighted by atomic mass is 9.90. The topological polar surface area (TPSA) is 92.2 Å². The number of piperazine rings is 1. The van der Waals surface area contributed by atoms with Gasteiger partial charge in [0.1, 0.15) is 18.4 Å². The van der Waals surface area contributed by atoms with Gasteiger partial charge in [-0.1, -0.05) is 30.3 Å². The van der Waals surface area contributed by atoms with E-state index >= 15 is 0 Å². The predicted molar refractivity (Wildman–Crippen MR) is 164 cm³/mol. The molecule has 1 saturated heterocycles. The van der Waals surface area contributed by atoms with Gasteiger partial charge in [0.2, 0.25) is 23.5 Å². The number of aromatic amines is 1. The highest BCUT2D eigenvalue weighted by Gasteiger charge is 2.42. The van der Waals surface area contributed by atoms with E-state index in [4.69, 9.17) is 4.74 Å². The number of H-pyrrole nitrogens is 1. The molecule has 1 atom stereocenters. The number of carbonyl (C=O) groups is 1. The minimum absolute atomic E-state index is 0.108. The minimum atomic E-state index is -4.77. The molecule has 47 heavy (non-hydrogen) atoms. The Hall–Kier alpha value is -4.59. The van der Waals surface area contributed by atoms with Gasteiger partial charge in [0.25, 0.3) is 0 Å². The number of hydrogen-bond acceptors (Lipinski definition) is 6. The first-order chi connectivity index (χ1) is 22.5. The highest BCUT2D eigenvalue weighted by atomic mass is 19.4. The van der Waals surface area contributed by atoms with Crippen LogP contribution >= 0.6 is 0 Å². The summed E-state index contributed by atoms with van der Waals surface area (Å²) in [6.07, 6.45) is -2.97. The number of pyridine rings is 1. The molecular weight excluding hydrogens is 621 g/mol. The van der Waals surface area contributed by atoms with Gasteiger partial charge in [0, 0.05) is 43.9 Å². The summed E-state index contributed by atoms with van der Waals surface area (Å²) in [4.78, 5) is 33.9. The third-order valence-corrected chi connectivity index (χ3v) is 9.22. The van der Waals surface area contributed by atoms with Crippen molar-refractivity contribution in [3.63, 3.8) is 0 Å². The van der Waals surface area contributed by atoms with Gasteiger partial charge in [-0.3, -0.25) is 9.69 Å². The summed E-state index contributed by atoms with van der Waals surface area (Å²) in [5, 5.41) is 0.877. The molecule has 5 aromatic rings. The average Bonchev–Trinajstić information content (AvgIpc) is 3.70. The summed E-state index contributed by atoms with van der Waals surface area (Å²) in [7, 11) is 1.51. The number of para-hydroxylation sites is 3. The monoisotopic (exact) mass is 653 g/mol. The molecule has 1 amide bonds. The molecule has 2 aromatic carbocycles. The molecule has 14 heteroatoms. The number of rotatable bonds is 6. The molecule has 246 valence electrons. The van der Waals surface area contributed by atoms with Crippen LogP contribution in [-0.4, -0.2) is 78.9 Å². The highest BCUT2D eigenvalue weighted by Crippen LogP contribution is 2.38. The van der Waals surface area contributed by atoms with Crippen molar-refractivity contribution in [2.45, 2.75) is 56.4 Å². The molecule has 0 spiro atoms.